The zero-order valence-corrected chi connectivity index (χ0v) is 17.7. The normalized spacial score (nSPS) is 15.5. The highest BCUT2D eigenvalue weighted by Gasteiger charge is 2.30. The van der Waals surface area contributed by atoms with E-state index in [1.165, 1.54) is 40.7 Å². The van der Waals surface area contributed by atoms with Gasteiger partial charge in [0.05, 0.1) is 22.6 Å². The van der Waals surface area contributed by atoms with Crippen molar-refractivity contribution in [3.8, 4) is 0 Å². The van der Waals surface area contributed by atoms with Gasteiger partial charge in [0, 0.05) is 31.9 Å². The van der Waals surface area contributed by atoms with Gasteiger partial charge in [0.2, 0.25) is 10.0 Å². The third-order valence-electron chi connectivity index (χ3n) is 5.14. The molecule has 0 N–H and O–H groups in total. The topological polar surface area (TPSA) is 66.9 Å². The molecule has 1 aliphatic rings. The van der Waals surface area contributed by atoms with Gasteiger partial charge in [-0.15, -0.1) is 0 Å². The minimum Gasteiger partial charge on any atom is -0.465 e. The van der Waals surface area contributed by atoms with E-state index in [-0.39, 0.29) is 15.5 Å². The van der Waals surface area contributed by atoms with Gasteiger partial charge in [-0.2, -0.15) is 4.31 Å². The molecule has 1 fully saturated rings. The Morgan fingerprint density at radius 1 is 1.07 bits per heavy atom. The van der Waals surface area contributed by atoms with E-state index in [2.05, 4.69) is 35.6 Å². The van der Waals surface area contributed by atoms with Crippen LogP contribution in [0.25, 0.3) is 0 Å². The number of sulfonamides is 1. The minimum absolute atomic E-state index is 0.0393. The number of methoxy groups -OCH3 is 1. The van der Waals surface area contributed by atoms with E-state index in [0.29, 0.717) is 26.2 Å². The zero-order valence-electron chi connectivity index (χ0n) is 16.1. The molecule has 0 radical (unpaired) electrons. The number of rotatable bonds is 4. The lowest BCUT2D eigenvalue weighted by atomic mass is 10.1. The van der Waals surface area contributed by atoms with Crippen LogP contribution >= 0.6 is 11.6 Å². The summed E-state index contributed by atoms with van der Waals surface area (Å²) in [4.78, 5) is 14.1. The Morgan fingerprint density at radius 2 is 1.75 bits per heavy atom. The average molecular weight is 423 g/mol. The van der Waals surface area contributed by atoms with Crippen molar-refractivity contribution in [3.63, 3.8) is 0 Å². The number of halogens is 1. The van der Waals surface area contributed by atoms with Crippen LogP contribution in [0.5, 0.6) is 0 Å². The van der Waals surface area contributed by atoms with Crippen molar-refractivity contribution in [2.24, 2.45) is 0 Å². The first-order valence-corrected chi connectivity index (χ1v) is 10.8. The Morgan fingerprint density at radius 3 is 2.39 bits per heavy atom. The molecule has 2 aromatic rings. The van der Waals surface area contributed by atoms with E-state index in [0.717, 1.165) is 5.69 Å². The van der Waals surface area contributed by atoms with Crippen LogP contribution in [0.4, 0.5) is 5.69 Å². The van der Waals surface area contributed by atoms with Crippen molar-refractivity contribution < 1.29 is 17.9 Å². The van der Waals surface area contributed by atoms with Gasteiger partial charge in [0.15, 0.2) is 0 Å². The first kappa shape index (κ1) is 20.6. The first-order chi connectivity index (χ1) is 13.3. The number of aryl methyl sites for hydroxylation is 1. The Kier molecular flexibility index (Phi) is 5.98. The van der Waals surface area contributed by atoms with Gasteiger partial charge in [-0.3, -0.25) is 0 Å². The summed E-state index contributed by atoms with van der Waals surface area (Å²) in [6.45, 7) is 6.08. The molecule has 28 heavy (non-hydrogen) atoms. The highest BCUT2D eigenvalue weighted by molar-refractivity contribution is 7.89. The van der Waals surface area contributed by atoms with Gasteiger partial charge < -0.3 is 9.64 Å². The summed E-state index contributed by atoms with van der Waals surface area (Å²) in [6, 6.07) is 10.3. The van der Waals surface area contributed by atoms with Crippen molar-refractivity contribution in [2.45, 2.75) is 18.7 Å². The Bertz CT molecular complexity index is 999. The fourth-order valence-electron chi connectivity index (χ4n) is 3.33. The number of anilines is 1. The lowest BCUT2D eigenvalue weighted by molar-refractivity contribution is 0.0600. The fourth-order valence-corrected chi connectivity index (χ4v) is 4.97. The van der Waals surface area contributed by atoms with Crippen LogP contribution in [0.15, 0.2) is 41.3 Å². The average Bonchev–Trinajstić information content (AvgIpc) is 2.70. The predicted molar refractivity (Wildman–Crippen MR) is 110 cm³/mol. The van der Waals surface area contributed by atoms with E-state index in [1.807, 2.05) is 6.07 Å². The maximum Gasteiger partial charge on any atom is 0.339 e. The minimum atomic E-state index is -3.73. The highest BCUT2D eigenvalue weighted by Crippen LogP contribution is 2.27. The molecular weight excluding hydrogens is 400 g/mol. The lowest BCUT2D eigenvalue weighted by Crippen LogP contribution is -2.48. The maximum absolute atomic E-state index is 13.0. The molecule has 8 heteroatoms. The number of nitrogens with zero attached hydrogens (tertiary/aromatic N) is 2. The third-order valence-corrected chi connectivity index (χ3v) is 7.36. The molecule has 0 aliphatic carbocycles. The van der Waals surface area contributed by atoms with Crippen molar-refractivity contribution in [2.75, 3.05) is 38.2 Å². The van der Waals surface area contributed by atoms with Crippen LogP contribution in [-0.2, 0) is 14.8 Å². The fraction of sp³-hybridized carbons (Fsp3) is 0.350. The molecule has 1 heterocycles. The lowest BCUT2D eigenvalue weighted by Gasteiger charge is -2.36. The molecule has 6 nitrogen and oxygen atoms in total. The number of carbonyl (C=O) groups excluding carboxylic acids is 1. The van der Waals surface area contributed by atoms with Crippen molar-refractivity contribution in [1.82, 2.24) is 4.31 Å². The van der Waals surface area contributed by atoms with E-state index in [1.54, 1.807) is 0 Å². The number of benzene rings is 2. The highest BCUT2D eigenvalue weighted by atomic mass is 35.5. The van der Waals surface area contributed by atoms with Gasteiger partial charge >= 0.3 is 5.97 Å². The van der Waals surface area contributed by atoms with Crippen molar-refractivity contribution >= 4 is 33.3 Å². The quantitative estimate of drug-likeness (QED) is 0.707. The van der Waals surface area contributed by atoms with Crippen molar-refractivity contribution in [3.05, 3.63) is 58.1 Å². The molecule has 0 saturated carbocycles. The Balaban J connectivity index is 1.80. The molecule has 0 aromatic heterocycles. The van der Waals surface area contributed by atoms with Gasteiger partial charge in [-0.25, -0.2) is 13.2 Å². The van der Waals surface area contributed by atoms with Gasteiger partial charge in [0.25, 0.3) is 0 Å². The monoisotopic (exact) mass is 422 g/mol. The maximum atomic E-state index is 13.0. The van der Waals surface area contributed by atoms with Gasteiger partial charge in [0.1, 0.15) is 0 Å². The second-order valence-corrected chi connectivity index (χ2v) is 9.09. The standard InChI is InChI=1S/C20H23ClN2O4S/c1-14-5-4-6-19(15(14)2)22-9-11-23(12-10-22)28(25,26)16-7-8-18(21)17(13-16)20(24)27-3/h4-8,13H,9-12H2,1-3H3. The third kappa shape index (κ3) is 3.87. The van der Waals surface area contributed by atoms with E-state index < -0.39 is 16.0 Å². The summed E-state index contributed by atoms with van der Waals surface area (Å²) in [7, 11) is -2.50. The molecule has 1 aliphatic heterocycles. The van der Waals surface area contributed by atoms with Gasteiger partial charge in [-0.1, -0.05) is 23.7 Å². The number of hydrogen-bond acceptors (Lipinski definition) is 5. The number of carbonyl (C=O) groups is 1. The molecule has 2 aromatic carbocycles. The smallest absolute Gasteiger partial charge is 0.339 e. The molecule has 3 rings (SSSR count). The number of hydrogen-bond donors (Lipinski definition) is 0. The second-order valence-electron chi connectivity index (χ2n) is 6.74. The number of ether oxygens (including phenoxy) is 1. The van der Waals surface area contributed by atoms with Crippen LogP contribution < -0.4 is 4.90 Å². The zero-order chi connectivity index (χ0) is 20.5. The SMILES string of the molecule is COC(=O)c1cc(S(=O)(=O)N2CCN(c3cccc(C)c3C)CC2)ccc1Cl. The van der Waals surface area contributed by atoms with E-state index in [4.69, 9.17) is 11.6 Å². The number of esters is 1. The first-order valence-electron chi connectivity index (χ1n) is 8.95. The van der Waals surface area contributed by atoms with E-state index >= 15 is 0 Å². The van der Waals surface area contributed by atoms with Crippen LogP contribution in [0.2, 0.25) is 5.02 Å². The molecule has 1 saturated heterocycles. The molecule has 0 amide bonds. The van der Waals surface area contributed by atoms with Crippen LogP contribution in [0, 0.1) is 13.8 Å². The Labute approximate surface area is 170 Å². The summed E-state index contributed by atoms with van der Waals surface area (Å²) in [5.41, 5.74) is 3.60. The second kappa shape index (κ2) is 8.11. The molecular formula is C20H23ClN2O4S. The summed E-state index contributed by atoms with van der Waals surface area (Å²) >= 11 is 6.00. The summed E-state index contributed by atoms with van der Waals surface area (Å²) in [5, 5.41) is 0.158. The molecule has 150 valence electrons. The van der Waals surface area contributed by atoms with Crippen LogP contribution in [0.3, 0.4) is 0 Å². The van der Waals surface area contributed by atoms with E-state index in [9.17, 15) is 13.2 Å². The summed E-state index contributed by atoms with van der Waals surface area (Å²) in [5.74, 6) is -0.665. The molecule has 0 spiro atoms. The van der Waals surface area contributed by atoms with Crippen LogP contribution in [0.1, 0.15) is 21.5 Å². The summed E-state index contributed by atoms with van der Waals surface area (Å²) in [6.07, 6.45) is 0. The van der Waals surface area contributed by atoms with Crippen LogP contribution in [-0.4, -0.2) is 52.0 Å². The number of piperazine rings is 1. The Hall–Kier alpha value is -2.09. The largest absolute Gasteiger partial charge is 0.465 e. The molecule has 0 unspecified atom stereocenters. The van der Waals surface area contributed by atoms with Gasteiger partial charge in [-0.05, 0) is 49.2 Å². The molecule has 0 bridgehead atoms. The molecule has 0 atom stereocenters. The predicted octanol–water partition coefficient (Wildman–Crippen LogP) is 3.25. The summed E-state index contributed by atoms with van der Waals surface area (Å²) < 4.78 is 32.2. The van der Waals surface area contributed by atoms with Crippen molar-refractivity contribution in [1.29, 1.82) is 0 Å².